The second-order valence-electron chi connectivity index (χ2n) is 5.40. The van der Waals surface area contributed by atoms with E-state index in [1.807, 2.05) is 0 Å². The van der Waals surface area contributed by atoms with Gasteiger partial charge in [0.2, 0.25) is 0 Å². The normalized spacial score (nSPS) is 11.9. The van der Waals surface area contributed by atoms with Gasteiger partial charge in [0.05, 0.1) is 5.56 Å². The fourth-order valence-corrected chi connectivity index (χ4v) is 2.44. The van der Waals surface area contributed by atoms with Crippen molar-refractivity contribution in [1.82, 2.24) is 0 Å². The Bertz CT molecular complexity index is 926. The lowest BCUT2D eigenvalue weighted by atomic mass is 10.1. The molecular weight excluding hydrogens is 391 g/mol. The summed E-state index contributed by atoms with van der Waals surface area (Å²) in [6, 6.07) is 8.24. The molecule has 0 unspecified atom stereocenters. The summed E-state index contributed by atoms with van der Waals surface area (Å²) in [6.45, 7) is 0.281. The topological polar surface area (TPSA) is 113 Å². The lowest BCUT2D eigenvalue weighted by molar-refractivity contribution is -0.137. The smallest absolute Gasteiger partial charge is 0.449 e. The molecule has 0 bridgehead atoms. The molecule has 0 amide bonds. The number of phenolic OH excluding ortho intramolecular Hbond substituents is 1. The minimum absolute atomic E-state index is 0.281. The molecule has 0 fully saturated rings. The molecule has 0 aromatic heterocycles. The van der Waals surface area contributed by atoms with Crippen molar-refractivity contribution in [1.29, 1.82) is 0 Å². The number of hydrogen-bond acceptors (Lipinski definition) is 6. The molecule has 2 rings (SSSR count). The van der Waals surface area contributed by atoms with E-state index in [0.717, 1.165) is 24.3 Å². The van der Waals surface area contributed by atoms with Crippen LogP contribution in [0.25, 0.3) is 0 Å². The summed E-state index contributed by atoms with van der Waals surface area (Å²) in [5.41, 5.74) is -0.283. The third-order valence-electron chi connectivity index (χ3n) is 3.42. The highest BCUT2D eigenvalue weighted by molar-refractivity contribution is 7.81. The number of anilines is 1. The van der Waals surface area contributed by atoms with Crippen LogP contribution in [0.3, 0.4) is 0 Å². The predicted molar refractivity (Wildman–Crippen MR) is 88.7 cm³/mol. The number of rotatable bonds is 6. The Morgan fingerprint density at radius 3 is 2.30 bits per heavy atom. The van der Waals surface area contributed by atoms with Gasteiger partial charge in [0.15, 0.2) is 0 Å². The molecule has 0 spiro atoms. The molecule has 2 aromatic rings. The first kappa shape index (κ1) is 20.5. The van der Waals surface area contributed by atoms with Crippen LogP contribution in [0, 0.1) is 0 Å². The van der Waals surface area contributed by atoms with Crippen LogP contribution in [0.2, 0.25) is 0 Å². The third kappa shape index (κ3) is 6.15. The van der Waals surface area contributed by atoms with Gasteiger partial charge in [-0.05, 0) is 42.3 Å². The lowest BCUT2D eigenvalue weighted by Crippen LogP contribution is -2.13. The Morgan fingerprint density at radius 1 is 1.11 bits per heavy atom. The second-order valence-corrected chi connectivity index (χ2v) is 6.42. The summed E-state index contributed by atoms with van der Waals surface area (Å²) < 4.78 is 71.0. The standard InChI is InChI=1S/C16H14F3NO6S/c17-16(18,19)11-3-1-10(2-4-11)7-8-20-12-5-6-14(21)13(9-12)15(22)26-27(23,24)25/h1-6,9,20-21H,7-8H2,(H,23,24,25). The van der Waals surface area contributed by atoms with Crippen LogP contribution in [-0.2, 0) is 27.2 Å². The summed E-state index contributed by atoms with van der Waals surface area (Å²) in [6.07, 6.45) is -4.04. The number of phenols is 1. The third-order valence-corrected chi connectivity index (χ3v) is 3.78. The maximum Gasteiger partial charge on any atom is 0.449 e. The quantitative estimate of drug-likeness (QED) is 0.500. The summed E-state index contributed by atoms with van der Waals surface area (Å²) in [4.78, 5) is 11.6. The molecule has 0 heterocycles. The van der Waals surface area contributed by atoms with Crippen molar-refractivity contribution in [2.75, 3.05) is 11.9 Å². The number of hydrogen-bond donors (Lipinski definition) is 3. The van der Waals surface area contributed by atoms with Crippen LogP contribution < -0.4 is 5.32 Å². The van der Waals surface area contributed by atoms with Gasteiger partial charge >= 0.3 is 22.5 Å². The van der Waals surface area contributed by atoms with Crippen molar-refractivity contribution in [2.24, 2.45) is 0 Å². The highest BCUT2D eigenvalue weighted by atomic mass is 32.3. The summed E-state index contributed by atoms with van der Waals surface area (Å²) in [5, 5.41) is 12.5. The molecule has 146 valence electrons. The molecule has 0 saturated carbocycles. The predicted octanol–water partition coefficient (Wildman–Crippen LogP) is 3.03. The van der Waals surface area contributed by atoms with E-state index in [1.165, 1.54) is 18.2 Å². The Labute approximate surface area is 152 Å². The number of carbonyl (C=O) groups is 1. The van der Waals surface area contributed by atoms with Gasteiger partial charge in [0.1, 0.15) is 11.3 Å². The van der Waals surface area contributed by atoms with E-state index in [1.54, 1.807) is 0 Å². The van der Waals surface area contributed by atoms with Gasteiger partial charge in [-0.1, -0.05) is 12.1 Å². The van der Waals surface area contributed by atoms with Crippen molar-refractivity contribution < 1.29 is 40.2 Å². The average Bonchev–Trinajstić information content (AvgIpc) is 2.54. The molecule has 3 N–H and O–H groups in total. The van der Waals surface area contributed by atoms with Crippen LogP contribution >= 0.6 is 0 Å². The zero-order valence-corrected chi connectivity index (χ0v) is 14.3. The first-order valence-corrected chi connectivity index (χ1v) is 8.76. The van der Waals surface area contributed by atoms with E-state index >= 15 is 0 Å². The van der Waals surface area contributed by atoms with Gasteiger partial charge in [-0.15, -0.1) is 0 Å². The number of nitrogens with one attached hydrogen (secondary N) is 1. The average molecular weight is 405 g/mol. The molecule has 0 saturated heterocycles. The van der Waals surface area contributed by atoms with Gasteiger partial charge in [0.25, 0.3) is 0 Å². The molecule has 11 heteroatoms. The van der Waals surface area contributed by atoms with Crippen molar-refractivity contribution in [3.63, 3.8) is 0 Å². The number of carbonyl (C=O) groups excluding carboxylic acids is 1. The molecule has 2 aromatic carbocycles. The Balaban J connectivity index is 2.00. The van der Waals surface area contributed by atoms with Gasteiger partial charge in [-0.25, -0.2) is 4.79 Å². The van der Waals surface area contributed by atoms with Gasteiger partial charge < -0.3 is 14.6 Å². The van der Waals surface area contributed by atoms with E-state index in [-0.39, 0.29) is 6.54 Å². The van der Waals surface area contributed by atoms with E-state index in [9.17, 15) is 31.5 Å². The maximum atomic E-state index is 12.5. The lowest BCUT2D eigenvalue weighted by Gasteiger charge is -2.10. The van der Waals surface area contributed by atoms with Gasteiger partial charge in [0, 0.05) is 12.2 Å². The van der Waals surface area contributed by atoms with Crippen LogP contribution in [-0.4, -0.2) is 30.6 Å². The highest BCUT2D eigenvalue weighted by Gasteiger charge is 2.29. The first-order valence-electron chi connectivity index (χ1n) is 7.40. The molecule has 0 radical (unpaired) electrons. The minimum Gasteiger partial charge on any atom is -0.507 e. The van der Waals surface area contributed by atoms with Crippen molar-refractivity contribution in [2.45, 2.75) is 12.6 Å². The van der Waals surface area contributed by atoms with Gasteiger partial charge in [-0.2, -0.15) is 21.6 Å². The zero-order valence-electron chi connectivity index (χ0n) is 13.5. The van der Waals surface area contributed by atoms with E-state index in [2.05, 4.69) is 9.50 Å². The number of benzene rings is 2. The van der Waals surface area contributed by atoms with Crippen molar-refractivity contribution >= 4 is 22.1 Å². The number of alkyl halides is 3. The first-order chi connectivity index (χ1) is 12.5. The Morgan fingerprint density at radius 2 is 1.74 bits per heavy atom. The number of halogens is 3. The monoisotopic (exact) mass is 405 g/mol. The van der Waals surface area contributed by atoms with E-state index in [4.69, 9.17) is 4.55 Å². The van der Waals surface area contributed by atoms with Crippen LogP contribution in [0.5, 0.6) is 5.75 Å². The van der Waals surface area contributed by atoms with E-state index in [0.29, 0.717) is 17.7 Å². The molecule has 0 aliphatic heterocycles. The van der Waals surface area contributed by atoms with Crippen LogP contribution in [0.4, 0.5) is 18.9 Å². The second kappa shape index (κ2) is 7.84. The Kier molecular flexibility index (Phi) is 5.96. The highest BCUT2D eigenvalue weighted by Crippen LogP contribution is 2.29. The van der Waals surface area contributed by atoms with Gasteiger partial charge in [-0.3, -0.25) is 4.55 Å². The molecule has 0 aliphatic carbocycles. The van der Waals surface area contributed by atoms with Crippen LogP contribution in [0.15, 0.2) is 42.5 Å². The van der Waals surface area contributed by atoms with Crippen molar-refractivity contribution in [3.8, 4) is 5.75 Å². The fourth-order valence-electron chi connectivity index (χ4n) is 2.16. The minimum atomic E-state index is -5.03. The molecule has 7 nitrogen and oxygen atoms in total. The zero-order chi connectivity index (χ0) is 20.2. The van der Waals surface area contributed by atoms with Crippen molar-refractivity contribution in [3.05, 3.63) is 59.2 Å². The summed E-state index contributed by atoms with van der Waals surface area (Å²) >= 11 is 0. The van der Waals surface area contributed by atoms with Crippen LogP contribution in [0.1, 0.15) is 21.5 Å². The molecular formula is C16H14F3NO6S. The molecule has 0 atom stereocenters. The maximum absolute atomic E-state index is 12.5. The largest absolute Gasteiger partial charge is 0.507 e. The summed E-state index contributed by atoms with van der Waals surface area (Å²) in [7, 11) is -5.03. The fraction of sp³-hybridized carbons (Fsp3) is 0.188. The van der Waals surface area contributed by atoms with E-state index < -0.39 is 39.4 Å². The Hall–Kier alpha value is -2.79. The summed E-state index contributed by atoms with van der Waals surface area (Å²) in [5.74, 6) is -2.03. The molecule has 27 heavy (non-hydrogen) atoms. The molecule has 0 aliphatic rings. The number of aromatic hydroxyl groups is 1. The SMILES string of the molecule is O=C(OS(=O)(=O)O)c1cc(NCCc2ccc(C(F)(F)F)cc2)ccc1O.